The van der Waals surface area contributed by atoms with Gasteiger partial charge in [0.25, 0.3) is 5.91 Å². The van der Waals surface area contributed by atoms with Crippen LogP contribution in [0.2, 0.25) is 0 Å². The molecule has 2 heterocycles. The number of rotatable bonds is 3. The number of benzene rings is 1. The van der Waals surface area contributed by atoms with E-state index in [0.29, 0.717) is 18.5 Å². The smallest absolute Gasteiger partial charge is 0.354 e. The van der Waals surface area contributed by atoms with Gasteiger partial charge < -0.3 is 10.0 Å². The van der Waals surface area contributed by atoms with Crippen LogP contribution in [-0.4, -0.2) is 33.4 Å². The minimum atomic E-state index is -1.19. The summed E-state index contributed by atoms with van der Waals surface area (Å²) in [5.74, 6) is -1.60. The van der Waals surface area contributed by atoms with Crippen LogP contribution in [0.15, 0.2) is 42.6 Å². The van der Waals surface area contributed by atoms with Gasteiger partial charge in [0.15, 0.2) is 0 Å². The first-order chi connectivity index (χ1) is 11.5. The van der Waals surface area contributed by atoms with Crippen LogP contribution < -0.4 is 0 Å². The fraction of sp³-hybridized carbons (Fsp3) is 0.278. The van der Waals surface area contributed by atoms with E-state index >= 15 is 0 Å². The highest BCUT2D eigenvalue weighted by molar-refractivity contribution is 5.97. The van der Waals surface area contributed by atoms with Crippen LogP contribution in [0, 0.1) is 11.7 Å². The van der Waals surface area contributed by atoms with E-state index < -0.39 is 5.97 Å². The number of carbonyl (C=O) groups excluding carboxylic acids is 1. The molecule has 6 heteroatoms. The van der Waals surface area contributed by atoms with Crippen LogP contribution in [0.1, 0.15) is 45.8 Å². The van der Waals surface area contributed by atoms with Crippen molar-refractivity contribution in [2.45, 2.75) is 19.4 Å². The van der Waals surface area contributed by atoms with Gasteiger partial charge >= 0.3 is 5.97 Å². The molecule has 24 heavy (non-hydrogen) atoms. The monoisotopic (exact) mass is 328 g/mol. The van der Waals surface area contributed by atoms with E-state index in [0.717, 1.165) is 0 Å². The normalized spacial score (nSPS) is 20.2. The number of carboxylic acid groups (broad SMARTS) is 1. The largest absolute Gasteiger partial charge is 0.477 e. The van der Waals surface area contributed by atoms with Gasteiger partial charge in [0, 0.05) is 23.9 Å². The molecule has 1 N–H and O–H groups in total. The third-order valence-electron chi connectivity index (χ3n) is 4.26. The van der Waals surface area contributed by atoms with Gasteiger partial charge in [-0.2, -0.15) is 0 Å². The van der Waals surface area contributed by atoms with E-state index in [-0.39, 0.29) is 34.9 Å². The molecule has 0 bridgehead atoms. The Hall–Kier alpha value is -2.76. The average Bonchev–Trinajstić information content (AvgIpc) is 2.96. The van der Waals surface area contributed by atoms with Crippen LogP contribution in [-0.2, 0) is 0 Å². The highest BCUT2D eigenvalue weighted by Gasteiger charge is 2.36. The number of aromatic nitrogens is 1. The highest BCUT2D eigenvalue weighted by Crippen LogP contribution is 2.37. The summed E-state index contributed by atoms with van der Waals surface area (Å²) in [4.78, 5) is 29.2. The summed E-state index contributed by atoms with van der Waals surface area (Å²) in [6.07, 6.45) is 1.97. The van der Waals surface area contributed by atoms with Gasteiger partial charge in [-0.1, -0.05) is 25.1 Å². The number of hydrogen-bond donors (Lipinski definition) is 1. The Labute approximate surface area is 138 Å². The van der Waals surface area contributed by atoms with Crippen LogP contribution in [0.5, 0.6) is 0 Å². The van der Waals surface area contributed by atoms with Crippen molar-refractivity contribution in [1.82, 2.24) is 9.88 Å². The fourth-order valence-corrected chi connectivity index (χ4v) is 3.16. The topological polar surface area (TPSA) is 70.5 Å². The Kier molecular flexibility index (Phi) is 4.29. The highest BCUT2D eigenvalue weighted by atomic mass is 19.1. The fourth-order valence-electron chi connectivity index (χ4n) is 3.16. The van der Waals surface area contributed by atoms with Crippen molar-refractivity contribution in [3.63, 3.8) is 0 Å². The van der Waals surface area contributed by atoms with Crippen LogP contribution in [0.3, 0.4) is 0 Å². The van der Waals surface area contributed by atoms with Crippen molar-refractivity contribution in [1.29, 1.82) is 0 Å². The molecule has 1 aromatic carbocycles. The summed E-state index contributed by atoms with van der Waals surface area (Å²) in [6.45, 7) is 2.51. The van der Waals surface area contributed by atoms with Crippen molar-refractivity contribution >= 4 is 11.9 Å². The van der Waals surface area contributed by atoms with E-state index in [1.165, 1.54) is 24.4 Å². The number of pyridine rings is 1. The number of halogens is 1. The van der Waals surface area contributed by atoms with Crippen LogP contribution in [0.25, 0.3) is 0 Å². The lowest BCUT2D eigenvalue weighted by molar-refractivity contribution is 0.0690. The summed E-state index contributed by atoms with van der Waals surface area (Å²) >= 11 is 0. The van der Waals surface area contributed by atoms with Gasteiger partial charge in [-0.05, 0) is 30.5 Å². The average molecular weight is 328 g/mol. The summed E-state index contributed by atoms with van der Waals surface area (Å²) in [5.41, 5.74) is 0.552. The van der Waals surface area contributed by atoms with Crippen LogP contribution >= 0.6 is 0 Å². The quantitative estimate of drug-likeness (QED) is 0.939. The number of aromatic carboxylic acids is 1. The second kappa shape index (κ2) is 6.39. The van der Waals surface area contributed by atoms with Crippen molar-refractivity contribution in [2.75, 3.05) is 6.54 Å². The number of amides is 1. The van der Waals surface area contributed by atoms with Crippen molar-refractivity contribution in [2.24, 2.45) is 5.92 Å². The zero-order chi connectivity index (χ0) is 17.3. The standard InChI is InChI=1S/C18H17FN2O3/c1-11-8-16(13-4-2-3-5-14(13)19)21(10-11)17(22)12-6-7-20-15(9-12)18(23)24/h2-7,9,11,16H,8,10H2,1H3,(H,23,24). The molecule has 1 aromatic heterocycles. The lowest BCUT2D eigenvalue weighted by atomic mass is 10.00. The molecular formula is C18H17FN2O3. The van der Waals surface area contributed by atoms with Crippen molar-refractivity contribution < 1.29 is 19.1 Å². The van der Waals surface area contributed by atoms with E-state index in [2.05, 4.69) is 4.98 Å². The van der Waals surface area contributed by atoms with Gasteiger partial charge in [-0.3, -0.25) is 4.79 Å². The van der Waals surface area contributed by atoms with Gasteiger partial charge in [0.2, 0.25) is 0 Å². The minimum Gasteiger partial charge on any atom is -0.477 e. The molecule has 1 aliphatic heterocycles. The predicted molar refractivity (Wildman–Crippen MR) is 85.2 cm³/mol. The lowest BCUT2D eigenvalue weighted by Crippen LogP contribution is -2.31. The number of hydrogen-bond acceptors (Lipinski definition) is 3. The second-order valence-corrected chi connectivity index (χ2v) is 6.07. The van der Waals surface area contributed by atoms with E-state index in [1.54, 1.807) is 23.1 Å². The van der Waals surface area contributed by atoms with E-state index in [1.807, 2.05) is 6.92 Å². The Morgan fingerprint density at radius 2 is 2.04 bits per heavy atom. The number of carboxylic acids is 1. The minimum absolute atomic E-state index is 0.185. The first-order valence-electron chi connectivity index (χ1n) is 7.72. The predicted octanol–water partition coefficient (Wildman–Crippen LogP) is 3.14. The third-order valence-corrected chi connectivity index (χ3v) is 4.26. The molecule has 2 unspecified atom stereocenters. The molecule has 2 aromatic rings. The molecule has 1 amide bonds. The number of nitrogens with zero attached hydrogens (tertiary/aromatic N) is 2. The molecule has 1 fully saturated rings. The Balaban J connectivity index is 1.94. The Morgan fingerprint density at radius 1 is 1.29 bits per heavy atom. The van der Waals surface area contributed by atoms with E-state index in [9.17, 15) is 14.0 Å². The summed E-state index contributed by atoms with van der Waals surface area (Å²) in [5, 5.41) is 9.03. The molecule has 0 radical (unpaired) electrons. The maximum Gasteiger partial charge on any atom is 0.354 e. The molecule has 1 saturated heterocycles. The van der Waals surface area contributed by atoms with Crippen molar-refractivity contribution in [3.05, 3.63) is 65.2 Å². The zero-order valence-corrected chi connectivity index (χ0v) is 13.1. The Morgan fingerprint density at radius 3 is 2.75 bits per heavy atom. The Bertz CT molecular complexity index is 793. The second-order valence-electron chi connectivity index (χ2n) is 6.07. The lowest BCUT2D eigenvalue weighted by Gasteiger charge is -2.25. The first-order valence-corrected chi connectivity index (χ1v) is 7.72. The third kappa shape index (κ3) is 2.99. The van der Waals surface area contributed by atoms with Gasteiger partial charge in [-0.15, -0.1) is 0 Å². The summed E-state index contributed by atoms with van der Waals surface area (Å²) < 4.78 is 14.2. The molecule has 0 saturated carbocycles. The molecule has 5 nitrogen and oxygen atoms in total. The molecule has 0 aliphatic carbocycles. The molecule has 1 aliphatic rings. The summed E-state index contributed by atoms with van der Waals surface area (Å²) in [6, 6.07) is 8.82. The molecule has 0 spiro atoms. The van der Waals surface area contributed by atoms with Crippen molar-refractivity contribution in [3.8, 4) is 0 Å². The van der Waals surface area contributed by atoms with E-state index in [4.69, 9.17) is 5.11 Å². The maximum atomic E-state index is 14.2. The van der Waals surface area contributed by atoms with Gasteiger partial charge in [0.1, 0.15) is 11.5 Å². The molecule has 124 valence electrons. The zero-order valence-electron chi connectivity index (χ0n) is 13.1. The molecule has 3 rings (SSSR count). The SMILES string of the molecule is CC1CC(c2ccccc2F)N(C(=O)c2ccnc(C(=O)O)c2)C1. The molecular weight excluding hydrogens is 311 g/mol. The number of likely N-dealkylation sites (tertiary alicyclic amines) is 1. The van der Waals surface area contributed by atoms with Gasteiger partial charge in [0.05, 0.1) is 6.04 Å². The molecule has 2 atom stereocenters. The first kappa shape index (κ1) is 16.1. The van der Waals surface area contributed by atoms with Gasteiger partial charge in [-0.25, -0.2) is 14.2 Å². The maximum absolute atomic E-state index is 14.2. The summed E-state index contributed by atoms with van der Waals surface area (Å²) in [7, 11) is 0. The number of carbonyl (C=O) groups is 2. The van der Waals surface area contributed by atoms with Crippen LogP contribution in [0.4, 0.5) is 4.39 Å².